The van der Waals surface area contributed by atoms with Crippen LogP contribution in [0.4, 0.5) is 5.69 Å². The van der Waals surface area contributed by atoms with Gasteiger partial charge < -0.3 is 10.1 Å². The van der Waals surface area contributed by atoms with Gasteiger partial charge in [-0.25, -0.2) is 0 Å². The van der Waals surface area contributed by atoms with Crippen molar-refractivity contribution in [2.45, 2.75) is 12.5 Å². The number of carbonyl (C=O) groups excluding carboxylic acids is 1. The van der Waals surface area contributed by atoms with Crippen LogP contribution >= 0.6 is 11.6 Å². The Kier molecular flexibility index (Phi) is 5.92. The van der Waals surface area contributed by atoms with E-state index in [0.29, 0.717) is 17.0 Å². The third-order valence-electron chi connectivity index (χ3n) is 4.19. The van der Waals surface area contributed by atoms with Crippen molar-refractivity contribution < 1.29 is 9.53 Å². The largest absolute Gasteiger partial charge is 0.497 e. The van der Waals surface area contributed by atoms with Gasteiger partial charge in [0.05, 0.1) is 13.2 Å². The Hall–Kier alpha value is -2.78. The summed E-state index contributed by atoms with van der Waals surface area (Å²) in [6.45, 7) is 0. The molecule has 0 bridgehead atoms. The number of halogens is 1. The number of nitrogens with one attached hydrogen (secondary N) is 1. The summed E-state index contributed by atoms with van der Waals surface area (Å²) < 4.78 is 5.20. The summed E-state index contributed by atoms with van der Waals surface area (Å²) in [6, 6.07) is 24.4. The lowest BCUT2D eigenvalue weighted by Crippen LogP contribution is -2.15. The Labute approximate surface area is 158 Å². The molecule has 0 unspecified atom stereocenters. The van der Waals surface area contributed by atoms with Crippen molar-refractivity contribution >= 4 is 23.1 Å². The topological polar surface area (TPSA) is 38.3 Å². The zero-order valence-corrected chi connectivity index (χ0v) is 15.2. The normalized spacial score (nSPS) is 11.6. The average Bonchev–Trinajstić information content (AvgIpc) is 2.69. The summed E-state index contributed by atoms with van der Waals surface area (Å²) in [7, 11) is 1.64. The van der Waals surface area contributed by atoms with Crippen LogP contribution in [0.25, 0.3) is 0 Å². The van der Waals surface area contributed by atoms with E-state index in [-0.39, 0.29) is 11.8 Å². The van der Waals surface area contributed by atoms with E-state index in [2.05, 4.69) is 5.32 Å². The monoisotopic (exact) mass is 365 g/mol. The van der Waals surface area contributed by atoms with Gasteiger partial charge in [0.1, 0.15) is 5.75 Å². The fraction of sp³-hybridized carbons (Fsp3) is 0.136. The number of rotatable bonds is 7. The molecule has 3 aromatic carbocycles. The van der Waals surface area contributed by atoms with Gasteiger partial charge in [-0.15, -0.1) is 0 Å². The number of hydrogen-bond donors (Lipinski definition) is 1. The van der Waals surface area contributed by atoms with Gasteiger partial charge in [0.2, 0.25) is 0 Å². The van der Waals surface area contributed by atoms with Gasteiger partial charge in [0.15, 0.2) is 5.78 Å². The molecule has 0 heterocycles. The molecule has 26 heavy (non-hydrogen) atoms. The summed E-state index contributed by atoms with van der Waals surface area (Å²) in [6.07, 6.45) is 0.345. The van der Waals surface area contributed by atoms with Crippen LogP contribution in [0.5, 0.6) is 5.75 Å². The molecule has 0 aliphatic heterocycles. The number of anilines is 1. The number of benzene rings is 3. The third-order valence-corrected chi connectivity index (χ3v) is 4.44. The van der Waals surface area contributed by atoms with Crippen molar-refractivity contribution in [3.05, 3.63) is 95.0 Å². The number of Topliss-reactive ketones (excluding diaryl/α,β-unsaturated/α-hetero) is 1. The summed E-state index contributed by atoms with van der Waals surface area (Å²) in [5.41, 5.74) is 2.64. The second-order valence-corrected chi connectivity index (χ2v) is 6.41. The van der Waals surface area contributed by atoms with E-state index in [4.69, 9.17) is 16.3 Å². The highest BCUT2D eigenvalue weighted by atomic mass is 35.5. The summed E-state index contributed by atoms with van der Waals surface area (Å²) in [5.74, 6) is 0.880. The van der Waals surface area contributed by atoms with Crippen molar-refractivity contribution in [3.63, 3.8) is 0 Å². The summed E-state index contributed by atoms with van der Waals surface area (Å²) in [4.78, 5) is 12.7. The molecular formula is C22H20ClNO2. The number of hydrogen-bond acceptors (Lipinski definition) is 3. The Morgan fingerprint density at radius 2 is 1.62 bits per heavy atom. The molecule has 0 radical (unpaired) electrons. The van der Waals surface area contributed by atoms with Crippen LogP contribution in [0.3, 0.4) is 0 Å². The fourth-order valence-electron chi connectivity index (χ4n) is 2.76. The van der Waals surface area contributed by atoms with Crippen LogP contribution < -0.4 is 10.1 Å². The van der Waals surface area contributed by atoms with Crippen LogP contribution in [-0.2, 0) is 0 Å². The first-order valence-electron chi connectivity index (χ1n) is 8.40. The molecule has 0 amide bonds. The second kappa shape index (κ2) is 8.54. The highest BCUT2D eigenvalue weighted by Gasteiger charge is 2.17. The SMILES string of the molecule is COc1ccc(N[C@H](CC(=O)c2ccccc2)c2ccc(Cl)cc2)cc1. The van der Waals surface area contributed by atoms with Crippen LogP contribution in [-0.4, -0.2) is 12.9 Å². The predicted molar refractivity (Wildman–Crippen MR) is 106 cm³/mol. The van der Waals surface area contributed by atoms with E-state index in [1.165, 1.54) is 0 Å². The number of ketones is 1. The highest BCUT2D eigenvalue weighted by molar-refractivity contribution is 6.30. The molecule has 0 saturated carbocycles. The van der Waals surface area contributed by atoms with Crippen LogP contribution in [0.15, 0.2) is 78.9 Å². The van der Waals surface area contributed by atoms with Crippen molar-refractivity contribution in [3.8, 4) is 5.75 Å². The minimum absolute atomic E-state index is 0.0894. The van der Waals surface area contributed by atoms with E-state index in [1.54, 1.807) is 7.11 Å². The summed E-state index contributed by atoms with van der Waals surface area (Å²) in [5, 5.41) is 4.12. The molecule has 0 aliphatic rings. The maximum Gasteiger partial charge on any atom is 0.165 e. The molecule has 0 fully saturated rings. The highest BCUT2D eigenvalue weighted by Crippen LogP contribution is 2.26. The molecular weight excluding hydrogens is 346 g/mol. The van der Waals surface area contributed by atoms with Crippen molar-refractivity contribution in [1.82, 2.24) is 0 Å². The Morgan fingerprint density at radius 1 is 0.962 bits per heavy atom. The number of carbonyl (C=O) groups is 1. The molecule has 3 rings (SSSR count). The molecule has 0 spiro atoms. The molecule has 0 saturated heterocycles. The lowest BCUT2D eigenvalue weighted by Gasteiger charge is -2.20. The molecule has 1 N–H and O–H groups in total. The zero-order valence-electron chi connectivity index (χ0n) is 14.5. The van der Waals surface area contributed by atoms with Crippen molar-refractivity contribution in [1.29, 1.82) is 0 Å². The van der Waals surface area contributed by atoms with Crippen LogP contribution in [0.2, 0.25) is 5.02 Å². The quantitative estimate of drug-likeness (QED) is 0.540. The van der Waals surface area contributed by atoms with E-state index < -0.39 is 0 Å². The Bertz CT molecular complexity index is 846. The van der Waals surface area contributed by atoms with Crippen LogP contribution in [0.1, 0.15) is 28.4 Å². The van der Waals surface area contributed by atoms with Crippen molar-refractivity contribution in [2.75, 3.05) is 12.4 Å². The Morgan fingerprint density at radius 3 is 2.23 bits per heavy atom. The van der Waals surface area contributed by atoms with Gasteiger partial charge in [0.25, 0.3) is 0 Å². The first-order valence-corrected chi connectivity index (χ1v) is 8.78. The molecule has 3 aromatic rings. The zero-order chi connectivity index (χ0) is 18.4. The molecule has 1 atom stereocenters. The predicted octanol–water partition coefficient (Wildman–Crippen LogP) is 5.77. The molecule has 4 heteroatoms. The maximum absolute atomic E-state index is 12.7. The second-order valence-electron chi connectivity index (χ2n) is 5.97. The molecule has 3 nitrogen and oxygen atoms in total. The molecule has 0 aromatic heterocycles. The van der Waals surface area contributed by atoms with E-state index in [0.717, 1.165) is 17.0 Å². The van der Waals surface area contributed by atoms with Gasteiger partial charge in [0, 0.05) is 22.7 Å². The first kappa shape index (κ1) is 18.0. The Balaban J connectivity index is 1.83. The van der Waals surface area contributed by atoms with Gasteiger partial charge in [-0.1, -0.05) is 54.1 Å². The number of methoxy groups -OCH3 is 1. The minimum Gasteiger partial charge on any atom is -0.497 e. The lowest BCUT2D eigenvalue weighted by atomic mass is 9.97. The number of ether oxygens (including phenoxy) is 1. The summed E-state index contributed by atoms with van der Waals surface area (Å²) >= 11 is 6.01. The standard InChI is InChI=1S/C22H20ClNO2/c1-26-20-13-11-19(12-14-20)24-21(16-7-9-18(23)10-8-16)15-22(25)17-5-3-2-4-6-17/h2-14,21,24H,15H2,1H3/t21-/m1/s1. The lowest BCUT2D eigenvalue weighted by molar-refractivity contribution is 0.0976. The average molecular weight is 366 g/mol. The van der Waals surface area contributed by atoms with Gasteiger partial charge in [-0.05, 0) is 42.0 Å². The van der Waals surface area contributed by atoms with Gasteiger partial charge in [-0.2, -0.15) is 0 Å². The fourth-order valence-corrected chi connectivity index (χ4v) is 2.89. The van der Waals surface area contributed by atoms with Gasteiger partial charge in [-0.3, -0.25) is 4.79 Å². The first-order chi connectivity index (χ1) is 12.7. The smallest absolute Gasteiger partial charge is 0.165 e. The van der Waals surface area contributed by atoms with E-state index >= 15 is 0 Å². The van der Waals surface area contributed by atoms with Crippen LogP contribution in [0, 0.1) is 0 Å². The third kappa shape index (κ3) is 4.64. The van der Waals surface area contributed by atoms with Gasteiger partial charge >= 0.3 is 0 Å². The minimum atomic E-state index is -0.159. The van der Waals surface area contributed by atoms with E-state index in [9.17, 15) is 4.79 Å². The molecule has 132 valence electrons. The molecule has 0 aliphatic carbocycles. The maximum atomic E-state index is 12.7. The van der Waals surface area contributed by atoms with E-state index in [1.807, 2.05) is 78.9 Å². The van der Waals surface area contributed by atoms with Crippen molar-refractivity contribution in [2.24, 2.45) is 0 Å².